The predicted octanol–water partition coefficient (Wildman–Crippen LogP) is -0.00230. The number of likely N-dealkylation sites (N-methyl/N-ethyl adjacent to an activating group) is 1. The Hall–Kier alpha value is -1.85. The first-order valence-electron chi connectivity index (χ1n) is 5.97. The first-order valence-corrected chi connectivity index (χ1v) is 5.97. The molecule has 0 spiro atoms. The van der Waals surface area contributed by atoms with Gasteiger partial charge in [-0.05, 0) is 13.8 Å². The van der Waals surface area contributed by atoms with Crippen molar-refractivity contribution in [2.75, 3.05) is 7.05 Å². The Kier molecular flexibility index (Phi) is 3.11. The summed E-state index contributed by atoms with van der Waals surface area (Å²) in [7, 11) is 3.54. The molecule has 18 heavy (non-hydrogen) atoms. The number of carbonyl (C=O) groups excluding carboxylic acids is 2. The lowest BCUT2D eigenvalue weighted by atomic mass is 10.1. The monoisotopic (exact) mass is 250 g/mol. The topological polar surface area (TPSA) is 58.4 Å². The second kappa shape index (κ2) is 4.44. The minimum Gasteiger partial charge on any atom is -0.337 e. The lowest BCUT2D eigenvalue weighted by Crippen LogP contribution is -2.61. The van der Waals surface area contributed by atoms with E-state index < -0.39 is 12.1 Å². The fourth-order valence-electron chi connectivity index (χ4n) is 2.13. The summed E-state index contributed by atoms with van der Waals surface area (Å²) < 4.78 is 1.85. The van der Waals surface area contributed by atoms with Crippen LogP contribution in [0.15, 0.2) is 12.4 Å². The summed E-state index contributed by atoms with van der Waals surface area (Å²) in [4.78, 5) is 31.5. The third-order valence-corrected chi connectivity index (χ3v) is 3.63. The Balaban J connectivity index is 2.24. The summed E-state index contributed by atoms with van der Waals surface area (Å²) in [5, 5.41) is 0. The summed E-state index contributed by atoms with van der Waals surface area (Å²) in [6.45, 7) is 3.87. The minimum absolute atomic E-state index is 0.0312. The van der Waals surface area contributed by atoms with Crippen LogP contribution in [0.3, 0.4) is 0 Å². The van der Waals surface area contributed by atoms with Gasteiger partial charge in [0.15, 0.2) is 0 Å². The van der Waals surface area contributed by atoms with Crippen LogP contribution in [0.25, 0.3) is 0 Å². The van der Waals surface area contributed by atoms with Crippen molar-refractivity contribution in [3.05, 3.63) is 18.2 Å². The van der Waals surface area contributed by atoms with E-state index in [-0.39, 0.29) is 11.8 Å². The van der Waals surface area contributed by atoms with E-state index in [1.807, 2.05) is 17.8 Å². The van der Waals surface area contributed by atoms with Crippen molar-refractivity contribution < 1.29 is 9.59 Å². The van der Waals surface area contributed by atoms with Crippen molar-refractivity contribution in [3.8, 4) is 0 Å². The molecule has 2 amide bonds. The molecule has 0 aliphatic carbocycles. The van der Waals surface area contributed by atoms with Crippen molar-refractivity contribution in [2.45, 2.75) is 32.5 Å². The second-order valence-electron chi connectivity index (χ2n) is 4.72. The van der Waals surface area contributed by atoms with Crippen LogP contribution in [0.5, 0.6) is 0 Å². The van der Waals surface area contributed by atoms with Crippen molar-refractivity contribution in [2.24, 2.45) is 7.05 Å². The summed E-state index contributed by atoms with van der Waals surface area (Å²) in [5.41, 5.74) is 0. The van der Waals surface area contributed by atoms with Gasteiger partial charge in [0.2, 0.25) is 11.8 Å². The average molecular weight is 250 g/mol. The quantitative estimate of drug-likeness (QED) is 0.742. The molecule has 0 saturated carbocycles. The molecule has 1 aromatic rings. The minimum atomic E-state index is -0.435. The van der Waals surface area contributed by atoms with Crippen molar-refractivity contribution in [1.29, 1.82) is 0 Å². The Morgan fingerprint density at radius 3 is 2.39 bits per heavy atom. The number of imidazole rings is 1. The number of piperazine rings is 1. The van der Waals surface area contributed by atoms with Gasteiger partial charge >= 0.3 is 0 Å². The molecule has 0 bridgehead atoms. The van der Waals surface area contributed by atoms with Gasteiger partial charge in [-0.3, -0.25) is 9.59 Å². The van der Waals surface area contributed by atoms with Crippen molar-refractivity contribution in [3.63, 3.8) is 0 Å². The molecule has 1 saturated heterocycles. The molecule has 6 heteroatoms. The molecule has 1 aromatic heterocycles. The molecular formula is C12H18N4O2. The number of amides is 2. The first kappa shape index (κ1) is 12.6. The molecule has 2 atom stereocenters. The molecule has 1 fully saturated rings. The van der Waals surface area contributed by atoms with Gasteiger partial charge in [-0.25, -0.2) is 4.98 Å². The molecule has 1 aliphatic heterocycles. The summed E-state index contributed by atoms with van der Waals surface area (Å²) >= 11 is 0. The fourth-order valence-corrected chi connectivity index (χ4v) is 2.13. The molecule has 2 heterocycles. The maximum Gasteiger partial charge on any atom is 0.246 e. The van der Waals surface area contributed by atoms with Crippen LogP contribution < -0.4 is 0 Å². The van der Waals surface area contributed by atoms with Crippen LogP contribution in [0.2, 0.25) is 0 Å². The highest BCUT2D eigenvalue weighted by Crippen LogP contribution is 2.18. The van der Waals surface area contributed by atoms with E-state index in [0.717, 1.165) is 5.82 Å². The van der Waals surface area contributed by atoms with Crippen LogP contribution in [-0.4, -0.2) is 50.3 Å². The molecule has 1 aliphatic rings. The number of hydrogen-bond donors (Lipinski definition) is 0. The number of aryl methyl sites for hydroxylation is 1. The Morgan fingerprint density at radius 1 is 1.17 bits per heavy atom. The number of rotatable bonds is 2. The highest BCUT2D eigenvalue weighted by molar-refractivity contribution is 5.96. The van der Waals surface area contributed by atoms with Gasteiger partial charge in [0.1, 0.15) is 17.9 Å². The molecule has 0 unspecified atom stereocenters. The Morgan fingerprint density at radius 2 is 1.83 bits per heavy atom. The molecule has 2 rings (SSSR count). The number of hydrogen-bond acceptors (Lipinski definition) is 3. The molecule has 0 aromatic carbocycles. The Labute approximate surface area is 106 Å². The third kappa shape index (κ3) is 1.87. The largest absolute Gasteiger partial charge is 0.337 e. The number of nitrogens with zero attached hydrogens (tertiary/aromatic N) is 4. The predicted molar refractivity (Wildman–Crippen MR) is 65.5 cm³/mol. The molecule has 6 nitrogen and oxygen atoms in total. The van der Waals surface area contributed by atoms with Gasteiger partial charge in [-0.1, -0.05) is 0 Å². The van der Waals surface area contributed by atoms with E-state index in [2.05, 4.69) is 4.98 Å². The molecule has 98 valence electrons. The first-order chi connectivity index (χ1) is 8.43. The third-order valence-electron chi connectivity index (χ3n) is 3.63. The lowest BCUT2D eigenvalue weighted by Gasteiger charge is -2.40. The maximum absolute atomic E-state index is 12.2. The van der Waals surface area contributed by atoms with Crippen LogP contribution in [0.1, 0.15) is 19.7 Å². The summed E-state index contributed by atoms with van der Waals surface area (Å²) in [6, 6.07) is -0.843. The van der Waals surface area contributed by atoms with Gasteiger partial charge in [-0.2, -0.15) is 0 Å². The lowest BCUT2D eigenvalue weighted by molar-refractivity contribution is -0.159. The van der Waals surface area contributed by atoms with Gasteiger partial charge in [0, 0.05) is 26.5 Å². The maximum atomic E-state index is 12.2. The summed E-state index contributed by atoms with van der Waals surface area (Å²) in [6.07, 6.45) is 3.51. The van der Waals surface area contributed by atoms with Gasteiger partial charge in [-0.15, -0.1) is 0 Å². The zero-order chi connectivity index (χ0) is 13.4. The van der Waals surface area contributed by atoms with E-state index in [0.29, 0.717) is 6.54 Å². The van der Waals surface area contributed by atoms with E-state index >= 15 is 0 Å². The number of carbonyl (C=O) groups is 2. The summed E-state index contributed by atoms with van der Waals surface area (Å²) in [5.74, 6) is 0.712. The van der Waals surface area contributed by atoms with Crippen LogP contribution in [0.4, 0.5) is 0 Å². The molecular weight excluding hydrogens is 232 g/mol. The van der Waals surface area contributed by atoms with Gasteiger partial charge < -0.3 is 14.4 Å². The van der Waals surface area contributed by atoms with Gasteiger partial charge in [0.05, 0.1) is 6.54 Å². The zero-order valence-corrected chi connectivity index (χ0v) is 11.1. The smallest absolute Gasteiger partial charge is 0.246 e. The van der Waals surface area contributed by atoms with Crippen LogP contribution in [-0.2, 0) is 23.2 Å². The number of aromatic nitrogens is 2. The highest BCUT2D eigenvalue weighted by Gasteiger charge is 2.40. The van der Waals surface area contributed by atoms with Crippen LogP contribution >= 0.6 is 0 Å². The Bertz CT molecular complexity index is 482. The second-order valence-corrected chi connectivity index (χ2v) is 4.72. The molecule has 0 radical (unpaired) electrons. The van der Waals surface area contributed by atoms with E-state index in [1.165, 1.54) is 4.90 Å². The van der Waals surface area contributed by atoms with Crippen molar-refractivity contribution in [1.82, 2.24) is 19.4 Å². The fraction of sp³-hybridized carbons (Fsp3) is 0.583. The van der Waals surface area contributed by atoms with Crippen molar-refractivity contribution >= 4 is 11.8 Å². The zero-order valence-electron chi connectivity index (χ0n) is 11.1. The van der Waals surface area contributed by atoms with Crippen LogP contribution in [0, 0.1) is 0 Å². The van der Waals surface area contributed by atoms with E-state index in [9.17, 15) is 9.59 Å². The molecule has 0 N–H and O–H groups in total. The van der Waals surface area contributed by atoms with Gasteiger partial charge in [0.25, 0.3) is 0 Å². The van der Waals surface area contributed by atoms with E-state index in [4.69, 9.17) is 0 Å². The standard InChI is InChI=1S/C12H18N4O2/c1-8-12(18)16(9(2)11(17)15(8)4)7-10-13-5-6-14(10)3/h5-6,8-9H,7H2,1-4H3/t8-,9-/m0/s1. The van der Waals surface area contributed by atoms with E-state index in [1.54, 1.807) is 32.0 Å². The average Bonchev–Trinajstić information content (AvgIpc) is 2.75. The normalized spacial score (nSPS) is 24.9. The highest BCUT2D eigenvalue weighted by atomic mass is 16.2. The SMILES string of the molecule is C[C@H]1C(=O)N(Cc2nccn2C)[C@@H](C)C(=O)N1C.